The van der Waals surface area contributed by atoms with E-state index in [1.807, 2.05) is 0 Å². The van der Waals surface area contributed by atoms with Gasteiger partial charge in [-0.05, 0) is 19.4 Å². The fraction of sp³-hybridized carbons (Fsp3) is 0.625. The summed E-state index contributed by atoms with van der Waals surface area (Å²) >= 11 is 0. The maximum atomic E-state index is 5.50. The highest BCUT2D eigenvalue weighted by Crippen LogP contribution is 2.13. The van der Waals surface area contributed by atoms with Gasteiger partial charge in [0.1, 0.15) is 0 Å². The van der Waals surface area contributed by atoms with Crippen molar-refractivity contribution in [3.63, 3.8) is 0 Å². The minimum absolute atomic E-state index is 0.344. The standard InChI is InChI=1S/C16H27NO3/c1-14-5-4-6-16(13-14)15(2)17-7-8-19-11-12-20-10-9-18-3/h4-6,13,15,17H,7-12H2,1-3H3/t15-/m1/s1. The average molecular weight is 281 g/mol. The molecule has 114 valence electrons. The zero-order valence-corrected chi connectivity index (χ0v) is 12.9. The number of rotatable bonds is 11. The SMILES string of the molecule is COCCOCCOCCN[C@H](C)c1cccc(C)c1. The van der Waals surface area contributed by atoms with Crippen LogP contribution >= 0.6 is 0 Å². The van der Waals surface area contributed by atoms with Crippen molar-refractivity contribution in [1.82, 2.24) is 5.32 Å². The summed E-state index contributed by atoms with van der Waals surface area (Å²) in [4.78, 5) is 0. The molecule has 0 aliphatic carbocycles. The van der Waals surface area contributed by atoms with Gasteiger partial charge in [0, 0.05) is 19.7 Å². The van der Waals surface area contributed by atoms with Gasteiger partial charge >= 0.3 is 0 Å². The average Bonchev–Trinajstić information content (AvgIpc) is 2.45. The molecular weight excluding hydrogens is 254 g/mol. The van der Waals surface area contributed by atoms with Crippen molar-refractivity contribution in [3.8, 4) is 0 Å². The Morgan fingerprint density at radius 3 is 2.45 bits per heavy atom. The van der Waals surface area contributed by atoms with Crippen LogP contribution in [0, 0.1) is 6.92 Å². The van der Waals surface area contributed by atoms with Crippen molar-refractivity contribution in [3.05, 3.63) is 35.4 Å². The highest BCUT2D eigenvalue weighted by atomic mass is 16.5. The Morgan fingerprint density at radius 1 is 1.05 bits per heavy atom. The molecule has 0 saturated heterocycles. The molecule has 20 heavy (non-hydrogen) atoms. The molecule has 0 radical (unpaired) electrons. The molecule has 0 fully saturated rings. The van der Waals surface area contributed by atoms with Crippen LogP contribution in [0.25, 0.3) is 0 Å². The van der Waals surface area contributed by atoms with Gasteiger partial charge < -0.3 is 19.5 Å². The number of benzene rings is 1. The lowest BCUT2D eigenvalue weighted by Crippen LogP contribution is -2.24. The van der Waals surface area contributed by atoms with Crippen LogP contribution in [0.15, 0.2) is 24.3 Å². The predicted molar refractivity (Wildman–Crippen MR) is 81.1 cm³/mol. The first-order chi connectivity index (χ1) is 9.74. The van der Waals surface area contributed by atoms with Gasteiger partial charge in [-0.3, -0.25) is 0 Å². The largest absolute Gasteiger partial charge is 0.382 e. The Morgan fingerprint density at radius 2 is 1.75 bits per heavy atom. The lowest BCUT2D eigenvalue weighted by Gasteiger charge is -2.15. The molecule has 0 saturated carbocycles. The van der Waals surface area contributed by atoms with E-state index in [1.165, 1.54) is 11.1 Å². The van der Waals surface area contributed by atoms with E-state index < -0.39 is 0 Å². The second-order valence-corrected chi connectivity index (χ2v) is 4.81. The molecule has 4 nitrogen and oxygen atoms in total. The summed E-state index contributed by atoms with van der Waals surface area (Å²) in [5, 5.41) is 3.45. The third-order valence-electron chi connectivity index (χ3n) is 3.04. The second-order valence-electron chi connectivity index (χ2n) is 4.81. The summed E-state index contributed by atoms with van der Waals surface area (Å²) in [5.74, 6) is 0. The lowest BCUT2D eigenvalue weighted by atomic mass is 10.1. The van der Waals surface area contributed by atoms with Crippen LogP contribution in [0.5, 0.6) is 0 Å². The highest BCUT2D eigenvalue weighted by Gasteiger charge is 2.03. The van der Waals surface area contributed by atoms with Crippen LogP contribution in [-0.4, -0.2) is 46.7 Å². The van der Waals surface area contributed by atoms with Crippen molar-refractivity contribution >= 4 is 0 Å². The molecule has 0 bridgehead atoms. The van der Waals surface area contributed by atoms with Crippen LogP contribution in [0.1, 0.15) is 24.1 Å². The topological polar surface area (TPSA) is 39.7 Å². The summed E-state index contributed by atoms with van der Waals surface area (Å²) in [5.41, 5.74) is 2.61. The second kappa shape index (κ2) is 10.8. The molecule has 0 aromatic heterocycles. The van der Waals surface area contributed by atoms with Gasteiger partial charge in [0.05, 0.1) is 33.0 Å². The highest BCUT2D eigenvalue weighted by molar-refractivity contribution is 5.24. The molecule has 0 spiro atoms. The molecule has 1 aromatic rings. The summed E-state index contributed by atoms with van der Waals surface area (Å²) in [7, 11) is 1.67. The third kappa shape index (κ3) is 7.60. The first kappa shape index (κ1) is 17.1. The van der Waals surface area contributed by atoms with Crippen molar-refractivity contribution in [2.24, 2.45) is 0 Å². The van der Waals surface area contributed by atoms with Crippen LogP contribution < -0.4 is 5.32 Å². The zero-order valence-electron chi connectivity index (χ0n) is 12.9. The van der Waals surface area contributed by atoms with E-state index in [-0.39, 0.29) is 0 Å². The molecule has 0 aliphatic rings. The van der Waals surface area contributed by atoms with Crippen molar-refractivity contribution in [2.75, 3.05) is 46.7 Å². The van der Waals surface area contributed by atoms with Gasteiger partial charge in [0.15, 0.2) is 0 Å². The van der Waals surface area contributed by atoms with Gasteiger partial charge in [0.2, 0.25) is 0 Å². The van der Waals surface area contributed by atoms with Crippen molar-refractivity contribution in [1.29, 1.82) is 0 Å². The fourth-order valence-corrected chi connectivity index (χ4v) is 1.87. The minimum Gasteiger partial charge on any atom is -0.382 e. The quantitative estimate of drug-likeness (QED) is 0.632. The molecule has 0 heterocycles. The molecule has 0 amide bonds. The van der Waals surface area contributed by atoms with Crippen molar-refractivity contribution < 1.29 is 14.2 Å². The van der Waals surface area contributed by atoms with Crippen LogP contribution in [0.4, 0.5) is 0 Å². The van der Waals surface area contributed by atoms with Crippen LogP contribution in [-0.2, 0) is 14.2 Å². The molecule has 0 unspecified atom stereocenters. The lowest BCUT2D eigenvalue weighted by molar-refractivity contribution is 0.0253. The van der Waals surface area contributed by atoms with E-state index in [9.17, 15) is 0 Å². The fourth-order valence-electron chi connectivity index (χ4n) is 1.87. The monoisotopic (exact) mass is 281 g/mol. The Balaban J connectivity index is 2.01. The van der Waals surface area contributed by atoms with E-state index in [1.54, 1.807) is 7.11 Å². The molecule has 1 atom stereocenters. The van der Waals surface area contributed by atoms with Gasteiger partial charge in [-0.1, -0.05) is 29.8 Å². The Labute approximate surface area is 122 Å². The van der Waals surface area contributed by atoms with Crippen LogP contribution in [0.3, 0.4) is 0 Å². The molecule has 1 rings (SSSR count). The predicted octanol–water partition coefficient (Wildman–Crippen LogP) is 2.33. The Hall–Kier alpha value is -0.940. The number of ether oxygens (including phenoxy) is 3. The molecule has 1 N–H and O–H groups in total. The van der Waals surface area contributed by atoms with Crippen LogP contribution in [0.2, 0.25) is 0 Å². The number of aryl methyl sites for hydroxylation is 1. The maximum absolute atomic E-state index is 5.50. The van der Waals surface area contributed by atoms with Gasteiger partial charge in [-0.25, -0.2) is 0 Å². The normalized spacial score (nSPS) is 12.6. The number of hydrogen-bond donors (Lipinski definition) is 1. The Bertz CT molecular complexity index is 357. The van der Waals surface area contributed by atoms with E-state index in [2.05, 4.69) is 43.4 Å². The van der Waals surface area contributed by atoms with E-state index in [0.29, 0.717) is 39.1 Å². The maximum Gasteiger partial charge on any atom is 0.0701 e. The smallest absolute Gasteiger partial charge is 0.0701 e. The van der Waals surface area contributed by atoms with E-state index in [0.717, 1.165) is 6.54 Å². The molecule has 1 aromatic carbocycles. The molecular formula is C16H27NO3. The van der Waals surface area contributed by atoms with Gasteiger partial charge in [-0.15, -0.1) is 0 Å². The third-order valence-corrected chi connectivity index (χ3v) is 3.04. The first-order valence-corrected chi connectivity index (χ1v) is 7.18. The van der Waals surface area contributed by atoms with Crippen molar-refractivity contribution in [2.45, 2.75) is 19.9 Å². The molecule has 0 aliphatic heterocycles. The van der Waals surface area contributed by atoms with Gasteiger partial charge in [-0.2, -0.15) is 0 Å². The Kier molecular flexibility index (Phi) is 9.24. The summed E-state index contributed by atoms with van der Waals surface area (Å²) in [6, 6.07) is 8.91. The zero-order chi connectivity index (χ0) is 14.6. The van der Waals surface area contributed by atoms with Gasteiger partial charge in [0.25, 0.3) is 0 Å². The molecule has 4 heteroatoms. The summed E-state index contributed by atoms with van der Waals surface area (Å²) in [6.07, 6.45) is 0. The summed E-state index contributed by atoms with van der Waals surface area (Å²) < 4.78 is 15.7. The summed E-state index contributed by atoms with van der Waals surface area (Å²) in [6.45, 7) is 8.33. The van der Waals surface area contributed by atoms with E-state index in [4.69, 9.17) is 14.2 Å². The first-order valence-electron chi connectivity index (χ1n) is 7.18. The number of methoxy groups -OCH3 is 1. The number of nitrogens with one attached hydrogen (secondary N) is 1. The number of hydrogen-bond acceptors (Lipinski definition) is 4. The van der Waals surface area contributed by atoms with E-state index >= 15 is 0 Å². The minimum atomic E-state index is 0.344.